The van der Waals surface area contributed by atoms with Crippen LogP contribution in [0.3, 0.4) is 0 Å². The van der Waals surface area contributed by atoms with Crippen LogP contribution in [-0.2, 0) is 9.84 Å². The average Bonchev–Trinajstić information content (AvgIpc) is 2.97. The van der Waals surface area contributed by atoms with Crippen LogP contribution in [0.1, 0.15) is 49.2 Å². The molecule has 1 saturated carbocycles. The molecule has 2 aliphatic rings. The van der Waals surface area contributed by atoms with E-state index >= 15 is 0 Å². The fourth-order valence-electron chi connectivity index (χ4n) is 2.36. The highest BCUT2D eigenvalue weighted by atomic mass is 32.2. The first-order chi connectivity index (χ1) is 7.68. The molecule has 16 heavy (non-hydrogen) atoms. The summed E-state index contributed by atoms with van der Waals surface area (Å²) in [5.74, 6) is 0.969. The normalized spacial score (nSPS) is 29.1. The van der Waals surface area contributed by atoms with E-state index in [1.807, 2.05) is 4.57 Å². The van der Waals surface area contributed by atoms with E-state index in [2.05, 4.69) is 10.2 Å². The van der Waals surface area contributed by atoms with Crippen LogP contribution in [-0.4, -0.2) is 28.9 Å². The van der Waals surface area contributed by atoms with Crippen molar-refractivity contribution in [2.24, 2.45) is 0 Å². The molecule has 0 bridgehead atoms. The smallest absolute Gasteiger partial charge is 0.160 e. The van der Waals surface area contributed by atoms with E-state index in [0.717, 1.165) is 25.7 Å². The van der Waals surface area contributed by atoms with Crippen molar-refractivity contribution < 1.29 is 8.42 Å². The predicted octanol–water partition coefficient (Wildman–Crippen LogP) is 1.25. The van der Waals surface area contributed by atoms with E-state index in [1.165, 1.54) is 0 Å². The summed E-state index contributed by atoms with van der Waals surface area (Å²) in [4.78, 5) is 0. The molecule has 3 rings (SSSR count). The third kappa shape index (κ3) is 1.65. The Kier molecular flexibility index (Phi) is 2.27. The van der Waals surface area contributed by atoms with Crippen molar-refractivity contribution in [2.45, 2.75) is 43.4 Å². The van der Waals surface area contributed by atoms with E-state index in [-0.39, 0.29) is 0 Å². The van der Waals surface area contributed by atoms with Gasteiger partial charge in [-0.1, -0.05) is 6.42 Å². The third-order valence-electron chi connectivity index (χ3n) is 3.41. The second-order valence-electron chi connectivity index (χ2n) is 4.68. The van der Waals surface area contributed by atoms with E-state index in [9.17, 15) is 8.42 Å². The van der Waals surface area contributed by atoms with Gasteiger partial charge in [-0.3, -0.25) is 0 Å². The van der Waals surface area contributed by atoms with Gasteiger partial charge in [-0.25, -0.2) is 8.42 Å². The molecule has 1 aromatic rings. The van der Waals surface area contributed by atoms with Crippen molar-refractivity contribution in [1.29, 1.82) is 0 Å². The highest BCUT2D eigenvalue weighted by Crippen LogP contribution is 2.39. The fourth-order valence-corrected chi connectivity index (χ4v) is 4.27. The SMILES string of the molecule is O=S1(=O)CCCCC1c1nncn1C1CC1. The fraction of sp³-hybridized carbons (Fsp3) is 0.800. The van der Waals surface area contributed by atoms with Crippen molar-refractivity contribution >= 4 is 9.84 Å². The zero-order valence-electron chi connectivity index (χ0n) is 9.04. The van der Waals surface area contributed by atoms with Gasteiger partial charge in [0.1, 0.15) is 11.6 Å². The van der Waals surface area contributed by atoms with Gasteiger partial charge in [-0.05, 0) is 25.7 Å². The Hall–Kier alpha value is -0.910. The number of rotatable bonds is 2. The lowest BCUT2D eigenvalue weighted by Gasteiger charge is -2.21. The molecule has 2 fully saturated rings. The minimum absolute atomic E-state index is 0.301. The molecule has 2 heterocycles. The van der Waals surface area contributed by atoms with Crippen LogP contribution >= 0.6 is 0 Å². The molecule has 1 aliphatic carbocycles. The second kappa shape index (κ2) is 3.55. The van der Waals surface area contributed by atoms with Gasteiger partial charge < -0.3 is 4.57 Å². The number of hydrogen-bond acceptors (Lipinski definition) is 4. The lowest BCUT2D eigenvalue weighted by atomic mass is 10.2. The van der Waals surface area contributed by atoms with Gasteiger partial charge in [-0.15, -0.1) is 10.2 Å². The molecular weight excluding hydrogens is 226 g/mol. The molecule has 0 spiro atoms. The monoisotopic (exact) mass is 241 g/mol. The third-order valence-corrected chi connectivity index (χ3v) is 5.58. The van der Waals surface area contributed by atoms with Crippen LogP contribution in [0.2, 0.25) is 0 Å². The van der Waals surface area contributed by atoms with E-state index in [1.54, 1.807) is 6.33 Å². The molecule has 0 aromatic carbocycles. The minimum atomic E-state index is -3.00. The van der Waals surface area contributed by atoms with E-state index < -0.39 is 15.1 Å². The lowest BCUT2D eigenvalue weighted by Crippen LogP contribution is -2.24. The van der Waals surface area contributed by atoms with Crippen LogP contribution in [0, 0.1) is 0 Å². The van der Waals surface area contributed by atoms with Gasteiger partial charge in [-0.2, -0.15) is 0 Å². The highest BCUT2D eigenvalue weighted by Gasteiger charge is 2.36. The van der Waals surface area contributed by atoms with Gasteiger partial charge in [0, 0.05) is 6.04 Å². The van der Waals surface area contributed by atoms with E-state index in [0.29, 0.717) is 24.0 Å². The first kappa shape index (κ1) is 10.3. The summed E-state index contributed by atoms with van der Waals surface area (Å²) in [6.45, 7) is 0. The average molecular weight is 241 g/mol. The Morgan fingerprint density at radius 3 is 2.75 bits per heavy atom. The molecule has 1 unspecified atom stereocenters. The standard InChI is InChI=1S/C10H15N3O2S/c14-16(15)6-2-1-3-9(16)10-12-11-7-13(10)8-4-5-8/h7-9H,1-6H2. The molecule has 5 nitrogen and oxygen atoms in total. The number of aromatic nitrogens is 3. The molecule has 6 heteroatoms. The molecule has 1 aliphatic heterocycles. The van der Waals surface area contributed by atoms with Crippen LogP contribution in [0.4, 0.5) is 0 Å². The van der Waals surface area contributed by atoms with Crippen molar-refractivity contribution in [3.8, 4) is 0 Å². The quantitative estimate of drug-likeness (QED) is 0.781. The minimum Gasteiger partial charge on any atom is -0.313 e. The topological polar surface area (TPSA) is 64.8 Å². The van der Waals surface area contributed by atoms with Gasteiger partial charge in [0.05, 0.1) is 5.75 Å². The summed E-state index contributed by atoms with van der Waals surface area (Å²) >= 11 is 0. The molecular formula is C10H15N3O2S. The Morgan fingerprint density at radius 2 is 2.06 bits per heavy atom. The summed E-state index contributed by atoms with van der Waals surface area (Å²) in [5, 5.41) is 7.49. The maximum Gasteiger partial charge on any atom is 0.160 e. The highest BCUT2D eigenvalue weighted by molar-refractivity contribution is 7.91. The number of sulfone groups is 1. The van der Waals surface area contributed by atoms with Gasteiger partial charge >= 0.3 is 0 Å². The van der Waals surface area contributed by atoms with Crippen LogP contribution in [0.5, 0.6) is 0 Å². The van der Waals surface area contributed by atoms with Crippen molar-refractivity contribution in [2.75, 3.05) is 5.75 Å². The lowest BCUT2D eigenvalue weighted by molar-refractivity contribution is 0.526. The summed E-state index contributed by atoms with van der Waals surface area (Å²) in [7, 11) is -3.00. The van der Waals surface area contributed by atoms with Crippen LogP contribution < -0.4 is 0 Å². The number of nitrogens with zero attached hydrogens (tertiary/aromatic N) is 3. The maximum absolute atomic E-state index is 12.0. The first-order valence-electron chi connectivity index (χ1n) is 5.79. The van der Waals surface area contributed by atoms with Crippen LogP contribution in [0.15, 0.2) is 6.33 Å². The van der Waals surface area contributed by atoms with Crippen molar-refractivity contribution in [3.63, 3.8) is 0 Å². The largest absolute Gasteiger partial charge is 0.313 e. The molecule has 0 amide bonds. The summed E-state index contributed by atoms with van der Waals surface area (Å²) in [6.07, 6.45) is 6.39. The molecule has 1 saturated heterocycles. The molecule has 0 N–H and O–H groups in total. The molecule has 88 valence electrons. The summed E-state index contributed by atoms with van der Waals surface area (Å²) in [5.41, 5.74) is 0. The zero-order chi connectivity index (χ0) is 11.2. The predicted molar refractivity (Wildman–Crippen MR) is 58.7 cm³/mol. The van der Waals surface area contributed by atoms with Crippen molar-refractivity contribution in [3.05, 3.63) is 12.2 Å². The van der Waals surface area contributed by atoms with Gasteiger partial charge in [0.15, 0.2) is 15.7 Å². The van der Waals surface area contributed by atoms with Gasteiger partial charge in [0.25, 0.3) is 0 Å². The molecule has 1 atom stereocenters. The first-order valence-corrected chi connectivity index (χ1v) is 7.51. The summed E-state index contributed by atoms with van der Waals surface area (Å²) < 4.78 is 26.0. The Morgan fingerprint density at radius 1 is 1.25 bits per heavy atom. The Balaban J connectivity index is 1.98. The summed E-state index contributed by atoms with van der Waals surface area (Å²) in [6, 6.07) is 0.446. The zero-order valence-corrected chi connectivity index (χ0v) is 9.86. The molecule has 0 radical (unpaired) electrons. The Bertz CT molecular complexity index is 490. The van der Waals surface area contributed by atoms with E-state index in [4.69, 9.17) is 0 Å². The van der Waals surface area contributed by atoms with Gasteiger partial charge in [0.2, 0.25) is 0 Å². The molecule has 1 aromatic heterocycles. The van der Waals surface area contributed by atoms with Crippen LogP contribution in [0.25, 0.3) is 0 Å². The van der Waals surface area contributed by atoms with Crippen molar-refractivity contribution in [1.82, 2.24) is 14.8 Å². The second-order valence-corrected chi connectivity index (χ2v) is 6.98. The maximum atomic E-state index is 12.0. The number of hydrogen-bond donors (Lipinski definition) is 0. The Labute approximate surface area is 94.8 Å².